The van der Waals surface area contributed by atoms with Gasteiger partial charge in [-0.15, -0.1) is 0 Å². The van der Waals surface area contributed by atoms with Crippen LogP contribution in [0.25, 0.3) is 0 Å². The Bertz CT molecular complexity index is 260. The van der Waals surface area contributed by atoms with E-state index in [1.54, 1.807) is 6.07 Å². The van der Waals surface area contributed by atoms with Gasteiger partial charge in [0.05, 0.1) is 0 Å². The molecule has 3 heteroatoms. The van der Waals surface area contributed by atoms with Crippen molar-refractivity contribution < 1.29 is 9.18 Å². The first kappa shape index (κ1) is 7.41. The lowest BCUT2D eigenvalue weighted by molar-refractivity contribution is 0.109. The Hall–Kier alpha value is -0.700. The van der Waals surface area contributed by atoms with Crippen LogP contribution in [0, 0.1) is 5.82 Å². The van der Waals surface area contributed by atoms with Gasteiger partial charge in [0, 0.05) is 5.56 Å². The number of hydrogen-bond acceptors (Lipinski definition) is 1. The number of rotatable bonds is 1. The summed E-state index contributed by atoms with van der Waals surface area (Å²) in [5.41, 5.74) is 0.333. The summed E-state index contributed by atoms with van der Waals surface area (Å²) in [4.78, 5) is 10.5. The third-order valence-corrected chi connectivity index (χ3v) is 1.51. The van der Waals surface area contributed by atoms with Gasteiger partial charge < -0.3 is 0 Å². The summed E-state index contributed by atoms with van der Waals surface area (Å²) < 4.78 is 12.1. The highest BCUT2D eigenvalue weighted by Crippen LogP contribution is 2.06. The van der Waals surface area contributed by atoms with E-state index in [4.69, 9.17) is 0 Å². The monoisotopic (exact) mass is 202 g/mol. The fourth-order valence-electron chi connectivity index (χ4n) is 0.611. The van der Waals surface area contributed by atoms with Crippen LogP contribution < -0.4 is 0 Å². The van der Waals surface area contributed by atoms with Crippen molar-refractivity contribution in [1.29, 1.82) is 0 Å². The maximum Gasteiger partial charge on any atom is 0.228 e. The van der Waals surface area contributed by atoms with Crippen LogP contribution in [-0.2, 0) is 0 Å². The molecule has 1 rings (SSSR count). The van der Waals surface area contributed by atoms with Gasteiger partial charge in [-0.1, -0.05) is 12.1 Å². The Morgan fingerprint density at radius 2 is 2.20 bits per heavy atom. The molecule has 0 aliphatic heterocycles. The molecule has 0 bridgehead atoms. The fraction of sp³-hybridized carbons (Fsp3) is 0. The summed E-state index contributed by atoms with van der Waals surface area (Å²) in [6.07, 6.45) is 0. The van der Waals surface area contributed by atoms with E-state index in [0.29, 0.717) is 5.56 Å². The molecule has 0 aromatic heterocycles. The van der Waals surface area contributed by atoms with E-state index >= 15 is 0 Å². The van der Waals surface area contributed by atoms with Gasteiger partial charge >= 0.3 is 0 Å². The molecule has 0 saturated heterocycles. The van der Waals surface area contributed by atoms with Gasteiger partial charge in [-0.25, -0.2) is 4.39 Å². The molecule has 0 heterocycles. The van der Waals surface area contributed by atoms with E-state index in [0.717, 1.165) is 0 Å². The molecule has 0 atom stereocenters. The van der Waals surface area contributed by atoms with Crippen LogP contribution in [-0.4, -0.2) is 4.69 Å². The van der Waals surface area contributed by atoms with Crippen LogP contribution in [0.2, 0.25) is 0 Å². The fourth-order valence-corrected chi connectivity index (χ4v) is 0.857. The Kier molecular flexibility index (Phi) is 2.17. The summed E-state index contributed by atoms with van der Waals surface area (Å²) in [5.74, 6) is -0.398. The Balaban J connectivity index is 3.07. The third kappa shape index (κ3) is 1.64. The third-order valence-electron chi connectivity index (χ3n) is 1.05. The van der Waals surface area contributed by atoms with Crippen LogP contribution >= 0.6 is 15.9 Å². The molecule has 0 amide bonds. The van der Waals surface area contributed by atoms with Crippen LogP contribution in [0.15, 0.2) is 24.3 Å². The SMILES string of the molecule is O=C(Br)c1cccc(F)c1. The number of carbonyl (C=O) groups excluding carboxylic acids is 1. The van der Waals surface area contributed by atoms with Crippen molar-refractivity contribution in [2.24, 2.45) is 0 Å². The molecule has 0 unspecified atom stereocenters. The lowest BCUT2D eigenvalue weighted by Crippen LogP contribution is -1.87. The topological polar surface area (TPSA) is 17.1 Å². The molecule has 0 radical (unpaired) electrons. The van der Waals surface area contributed by atoms with E-state index in [-0.39, 0.29) is 4.69 Å². The minimum absolute atomic E-state index is 0.299. The minimum atomic E-state index is -0.398. The van der Waals surface area contributed by atoms with Crippen molar-refractivity contribution in [3.63, 3.8) is 0 Å². The maximum atomic E-state index is 12.4. The molecule has 0 aliphatic carbocycles. The van der Waals surface area contributed by atoms with E-state index in [1.807, 2.05) is 0 Å². The average Bonchev–Trinajstić information content (AvgIpc) is 1.88. The molecule has 1 nitrogen and oxygen atoms in total. The Labute approximate surface area is 66.0 Å². The molecule has 0 spiro atoms. The summed E-state index contributed by atoms with van der Waals surface area (Å²) in [6, 6.07) is 5.50. The van der Waals surface area contributed by atoms with Crippen molar-refractivity contribution in [2.45, 2.75) is 0 Å². The largest absolute Gasteiger partial charge is 0.281 e. The number of benzene rings is 1. The van der Waals surface area contributed by atoms with Crippen molar-refractivity contribution in [3.8, 4) is 0 Å². The van der Waals surface area contributed by atoms with Gasteiger partial charge in [-0.3, -0.25) is 4.79 Å². The number of halogens is 2. The second kappa shape index (κ2) is 2.92. The van der Waals surface area contributed by atoms with Gasteiger partial charge in [-0.05, 0) is 28.1 Å². The first-order valence-electron chi connectivity index (χ1n) is 2.65. The molecule has 10 heavy (non-hydrogen) atoms. The predicted octanol–water partition coefficient (Wildman–Crippen LogP) is 2.36. The summed E-state index contributed by atoms with van der Waals surface area (Å²) >= 11 is 2.71. The first-order chi connectivity index (χ1) is 4.70. The smallest absolute Gasteiger partial charge is 0.228 e. The Morgan fingerprint density at radius 3 is 2.60 bits per heavy atom. The highest BCUT2D eigenvalue weighted by atomic mass is 79.9. The summed E-state index contributed by atoms with van der Waals surface area (Å²) in [6.45, 7) is 0. The molecule has 0 fully saturated rings. The zero-order chi connectivity index (χ0) is 7.56. The van der Waals surface area contributed by atoms with Crippen LogP contribution in [0.5, 0.6) is 0 Å². The van der Waals surface area contributed by atoms with E-state index in [1.165, 1.54) is 18.2 Å². The van der Waals surface area contributed by atoms with Gasteiger partial charge in [0.2, 0.25) is 4.69 Å². The van der Waals surface area contributed by atoms with Crippen molar-refractivity contribution >= 4 is 20.6 Å². The van der Waals surface area contributed by atoms with E-state index in [9.17, 15) is 9.18 Å². The zero-order valence-corrected chi connectivity index (χ0v) is 6.56. The summed E-state index contributed by atoms with van der Waals surface area (Å²) in [5, 5.41) is 0. The average molecular weight is 203 g/mol. The molecule has 1 aromatic carbocycles. The minimum Gasteiger partial charge on any atom is -0.281 e. The standard InChI is InChI=1S/C7H4BrFO/c8-7(10)5-2-1-3-6(9)4-5/h1-4H. The molecular weight excluding hydrogens is 199 g/mol. The lowest BCUT2D eigenvalue weighted by Gasteiger charge is -1.91. The molecule has 0 saturated carbocycles. The molecule has 0 aliphatic rings. The predicted molar refractivity (Wildman–Crippen MR) is 39.7 cm³/mol. The quantitative estimate of drug-likeness (QED) is 0.640. The lowest BCUT2D eigenvalue weighted by atomic mass is 10.2. The van der Waals surface area contributed by atoms with Crippen molar-refractivity contribution in [1.82, 2.24) is 0 Å². The first-order valence-corrected chi connectivity index (χ1v) is 3.45. The van der Waals surface area contributed by atoms with Crippen molar-refractivity contribution in [2.75, 3.05) is 0 Å². The van der Waals surface area contributed by atoms with E-state index < -0.39 is 5.82 Å². The Morgan fingerprint density at radius 1 is 1.50 bits per heavy atom. The maximum absolute atomic E-state index is 12.4. The van der Waals surface area contributed by atoms with Gasteiger partial charge in [-0.2, -0.15) is 0 Å². The molecule has 1 aromatic rings. The van der Waals surface area contributed by atoms with Crippen LogP contribution in [0.4, 0.5) is 4.39 Å². The highest BCUT2D eigenvalue weighted by Gasteiger charge is 1.99. The second-order valence-electron chi connectivity index (χ2n) is 1.78. The van der Waals surface area contributed by atoms with Gasteiger partial charge in [0.1, 0.15) is 5.82 Å². The van der Waals surface area contributed by atoms with Crippen LogP contribution in [0.3, 0.4) is 0 Å². The van der Waals surface area contributed by atoms with Crippen LogP contribution in [0.1, 0.15) is 10.4 Å². The van der Waals surface area contributed by atoms with E-state index in [2.05, 4.69) is 15.9 Å². The number of carbonyl (C=O) groups is 1. The highest BCUT2D eigenvalue weighted by molar-refractivity contribution is 9.18. The van der Waals surface area contributed by atoms with Gasteiger partial charge in [0.25, 0.3) is 0 Å². The molecule has 0 N–H and O–H groups in total. The molecule has 52 valence electrons. The number of hydrogen-bond donors (Lipinski definition) is 0. The normalized spacial score (nSPS) is 9.40. The zero-order valence-electron chi connectivity index (χ0n) is 4.97. The summed E-state index contributed by atoms with van der Waals surface area (Å²) in [7, 11) is 0. The second-order valence-corrected chi connectivity index (χ2v) is 2.50. The van der Waals surface area contributed by atoms with Gasteiger partial charge in [0.15, 0.2) is 0 Å². The molecular formula is C7H4BrFO. The van der Waals surface area contributed by atoms with Crippen molar-refractivity contribution in [3.05, 3.63) is 35.6 Å².